The summed E-state index contributed by atoms with van der Waals surface area (Å²) in [5, 5.41) is 2.69. The van der Waals surface area contributed by atoms with Crippen LogP contribution >= 0.6 is 0 Å². The number of carbonyl (C=O) groups is 2. The summed E-state index contributed by atoms with van der Waals surface area (Å²) < 4.78 is 4.52. The van der Waals surface area contributed by atoms with Gasteiger partial charge in [-0.05, 0) is 25.2 Å². The third-order valence-electron chi connectivity index (χ3n) is 2.91. The molecule has 0 radical (unpaired) electrons. The van der Waals surface area contributed by atoms with E-state index in [-0.39, 0.29) is 17.9 Å². The number of amides is 1. The van der Waals surface area contributed by atoms with Crippen molar-refractivity contribution in [3.05, 3.63) is 0 Å². The Kier molecular flexibility index (Phi) is 1.98. The van der Waals surface area contributed by atoms with E-state index in [1.54, 1.807) is 0 Å². The van der Waals surface area contributed by atoms with Gasteiger partial charge in [0.1, 0.15) is 0 Å². The number of rotatable bonds is 0. The van der Waals surface area contributed by atoms with Gasteiger partial charge in [0.25, 0.3) is 0 Å². The normalized spacial score (nSPS) is 39.0. The topological polar surface area (TPSA) is 55.4 Å². The first-order chi connectivity index (χ1) is 6.16. The molecular formula is C9H13NO3. The Labute approximate surface area is 76.6 Å². The zero-order valence-corrected chi connectivity index (χ0v) is 7.58. The zero-order chi connectivity index (χ0) is 9.42. The number of hydrogen-bond acceptors (Lipinski definition) is 3. The fraction of sp³-hybridized carbons (Fsp3) is 0.778. The zero-order valence-electron chi connectivity index (χ0n) is 7.58. The van der Waals surface area contributed by atoms with E-state index in [0.717, 1.165) is 19.3 Å². The molecule has 3 unspecified atom stereocenters. The quantitative estimate of drug-likeness (QED) is 0.451. The molecule has 0 aromatic rings. The van der Waals surface area contributed by atoms with Crippen molar-refractivity contribution in [2.75, 3.05) is 0 Å². The lowest BCUT2D eigenvalue weighted by molar-refractivity contribution is -0.147. The van der Waals surface area contributed by atoms with E-state index < -0.39 is 6.09 Å². The molecule has 0 aromatic heterocycles. The second-order valence-corrected chi connectivity index (χ2v) is 3.98. The Morgan fingerprint density at radius 3 is 2.92 bits per heavy atom. The third-order valence-corrected chi connectivity index (χ3v) is 2.91. The summed E-state index contributed by atoms with van der Waals surface area (Å²) >= 11 is 0. The molecular weight excluding hydrogens is 170 g/mol. The maximum absolute atomic E-state index is 11.3. The van der Waals surface area contributed by atoms with Crippen LogP contribution in [0.4, 0.5) is 4.79 Å². The van der Waals surface area contributed by atoms with Crippen molar-refractivity contribution in [2.24, 2.45) is 11.8 Å². The molecule has 1 heterocycles. The van der Waals surface area contributed by atoms with Gasteiger partial charge in [-0.25, -0.2) is 4.79 Å². The molecule has 1 aliphatic carbocycles. The monoisotopic (exact) mass is 183 g/mol. The van der Waals surface area contributed by atoms with Crippen LogP contribution in [0.1, 0.15) is 26.2 Å². The highest BCUT2D eigenvalue weighted by Gasteiger charge is 2.40. The number of ether oxygens (including phenoxy) is 1. The molecule has 2 aliphatic rings. The van der Waals surface area contributed by atoms with Gasteiger partial charge < -0.3 is 10.1 Å². The molecule has 1 saturated carbocycles. The van der Waals surface area contributed by atoms with E-state index >= 15 is 0 Å². The molecule has 0 bridgehead atoms. The minimum Gasteiger partial charge on any atom is -0.376 e. The first-order valence-corrected chi connectivity index (χ1v) is 4.69. The van der Waals surface area contributed by atoms with Gasteiger partial charge in [0.15, 0.2) is 0 Å². The van der Waals surface area contributed by atoms with Gasteiger partial charge in [0, 0.05) is 6.04 Å². The van der Waals surface area contributed by atoms with Crippen LogP contribution in [-0.4, -0.2) is 18.1 Å². The molecule has 1 saturated heterocycles. The van der Waals surface area contributed by atoms with E-state index in [4.69, 9.17) is 0 Å². The Morgan fingerprint density at radius 2 is 2.15 bits per heavy atom. The largest absolute Gasteiger partial charge is 0.415 e. The summed E-state index contributed by atoms with van der Waals surface area (Å²) in [4.78, 5) is 22.2. The lowest BCUT2D eigenvalue weighted by atomic mass is 9.78. The standard InChI is InChI=1S/C9H13NO3/c1-5-2-3-7-6(4-5)8(11)13-9(12)10-7/h5-7H,2-4H2,1H3,(H,10,12). The van der Waals surface area contributed by atoms with Crippen LogP contribution in [-0.2, 0) is 9.53 Å². The molecule has 1 aliphatic heterocycles. The summed E-state index contributed by atoms with van der Waals surface area (Å²) in [5.74, 6) is 0.102. The van der Waals surface area contributed by atoms with Crippen molar-refractivity contribution in [1.29, 1.82) is 0 Å². The number of fused-ring (bicyclic) bond motifs is 1. The SMILES string of the molecule is CC1CCC2NC(=O)OC(=O)C2C1. The number of esters is 1. The van der Waals surface area contributed by atoms with Crippen LogP contribution < -0.4 is 5.32 Å². The van der Waals surface area contributed by atoms with Gasteiger partial charge in [0.2, 0.25) is 0 Å². The molecule has 13 heavy (non-hydrogen) atoms. The summed E-state index contributed by atoms with van der Waals surface area (Å²) in [7, 11) is 0. The van der Waals surface area contributed by atoms with Crippen molar-refractivity contribution >= 4 is 12.1 Å². The van der Waals surface area contributed by atoms with Gasteiger partial charge in [0.05, 0.1) is 5.92 Å². The first kappa shape index (κ1) is 8.53. The molecule has 3 atom stereocenters. The summed E-state index contributed by atoms with van der Waals surface area (Å²) in [6.45, 7) is 2.12. The maximum Gasteiger partial charge on any atom is 0.415 e. The smallest absolute Gasteiger partial charge is 0.376 e. The molecule has 2 rings (SSSR count). The lowest BCUT2D eigenvalue weighted by Crippen LogP contribution is -2.52. The molecule has 0 aromatic carbocycles. The van der Waals surface area contributed by atoms with Gasteiger partial charge in [-0.3, -0.25) is 4.79 Å². The second kappa shape index (κ2) is 3.01. The highest BCUT2D eigenvalue weighted by atomic mass is 16.6. The van der Waals surface area contributed by atoms with Crippen LogP contribution in [0.5, 0.6) is 0 Å². The third kappa shape index (κ3) is 1.53. The number of cyclic esters (lactones) is 2. The van der Waals surface area contributed by atoms with E-state index in [1.165, 1.54) is 0 Å². The number of hydrogen-bond donors (Lipinski definition) is 1. The van der Waals surface area contributed by atoms with Crippen molar-refractivity contribution in [3.8, 4) is 0 Å². The van der Waals surface area contributed by atoms with Crippen molar-refractivity contribution in [1.82, 2.24) is 5.32 Å². The Bertz CT molecular complexity index is 251. The van der Waals surface area contributed by atoms with E-state index in [1.807, 2.05) is 0 Å². The molecule has 1 N–H and O–H groups in total. The van der Waals surface area contributed by atoms with Crippen molar-refractivity contribution in [3.63, 3.8) is 0 Å². The number of carbonyl (C=O) groups excluding carboxylic acids is 2. The predicted molar refractivity (Wildman–Crippen MR) is 44.9 cm³/mol. The van der Waals surface area contributed by atoms with Crippen LogP contribution in [0.25, 0.3) is 0 Å². The first-order valence-electron chi connectivity index (χ1n) is 4.69. The van der Waals surface area contributed by atoms with Crippen LogP contribution in [0.3, 0.4) is 0 Å². The summed E-state index contributed by atoms with van der Waals surface area (Å²) in [6.07, 6.45) is 2.23. The average Bonchev–Trinajstić information content (AvgIpc) is 2.06. The van der Waals surface area contributed by atoms with Gasteiger partial charge in [-0.15, -0.1) is 0 Å². The highest BCUT2D eigenvalue weighted by molar-refractivity contribution is 5.89. The van der Waals surface area contributed by atoms with E-state index in [0.29, 0.717) is 5.92 Å². The summed E-state index contributed by atoms with van der Waals surface area (Å²) in [5.41, 5.74) is 0. The van der Waals surface area contributed by atoms with Crippen LogP contribution in [0, 0.1) is 11.8 Å². The van der Waals surface area contributed by atoms with Gasteiger partial charge in [-0.2, -0.15) is 0 Å². The minimum atomic E-state index is -0.583. The molecule has 2 fully saturated rings. The molecule has 0 spiro atoms. The molecule has 72 valence electrons. The van der Waals surface area contributed by atoms with E-state index in [2.05, 4.69) is 17.0 Å². The Balaban J connectivity index is 2.11. The lowest BCUT2D eigenvalue weighted by Gasteiger charge is -2.36. The predicted octanol–water partition coefficient (Wildman–Crippen LogP) is 1.06. The van der Waals surface area contributed by atoms with Crippen molar-refractivity contribution < 1.29 is 14.3 Å². The van der Waals surface area contributed by atoms with Gasteiger partial charge >= 0.3 is 12.1 Å². The minimum absolute atomic E-state index is 0.0185. The number of alkyl carbamates (subject to hydrolysis) is 1. The highest BCUT2D eigenvalue weighted by Crippen LogP contribution is 2.31. The average molecular weight is 183 g/mol. The Morgan fingerprint density at radius 1 is 1.38 bits per heavy atom. The molecule has 1 amide bonds. The second-order valence-electron chi connectivity index (χ2n) is 3.98. The summed E-state index contributed by atoms with van der Waals surface area (Å²) in [6, 6.07) is 0.0185. The Hall–Kier alpha value is -1.06. The fourth-order valence-electron chi connectivity index (χ4n) is 2.16. The molecule has 4 heteroatoms. The maximum atomic E-state index is 11.3. The number of nitrogens with one attached hydrogen (secondary N) is 1. The van der Waals surface area contributed by atoms with Crippen molar-refractivity contribution in [2.45, 2.75) is 32.2 Å². The van der Waals surface area contributed by atoms with Gasteiger partial charge in [-0.1, -0.05) is 6.92 Å². The van der Waals surface area contributed by atoms with Crippen LogP contribution in [0.2, 0.25) is 0 Å². The van der Waals surface area contributed by atoms with Crippen LogP contribution in [0.15, 0.2) is 0 Å². The van der Waals surface area contributed by atoms with E-state index in [9.17, 15) is 9.59 Å². The molecule has 4 nitrogen and oxygen atoms in total. The fourth-order valence-corrected chi connectivity index (χ4v) is 2.16.